The lowest BCUT2D eigenvalue weighted by atomic mass is 10.2. The van der Waals surface area contributed by atoms with E-state index in [0.29, 0.717) is 22.4 Å². The first-order chi connectivity index (χ1) is 8.26. The Labute approximate surface area is 104 Å². The number of rotatable bonds is 4. The average Bonchev–Trinajstić information content (AvgIpc) is 3.06. The zero-order valence-electron chi connectivity index (χ0n) is 9.20. The van der Waals surface area contributed by atoms with Crippen LogP contribution in [-0.4, -0.2) is 17.9 Å². The van der Waals surface area contributed by atoms with Gasteiger partial charge in [0.15, 0.2) is 6.29 Å². The molecule has 0 bridgehead atoms. The maximum atomic E-state index is 10.7. The molecule has 0 radical (unpaired) electrons. The lowest BCUT2D eigenvalue weighted by Crippen LogP contribution is -1.99. The van der Waals surface area contributed by atoms with Crippen LogP contribution < -0.4 is 4.74 Å². The van der Waals surface area contributed by atoms with Crippen LogP contribution in [0.15, 0.2) is 18.2 Å². The predicted molar refractivity (Wildman–Crippen MR) is 66.9 cm³/mol. The second-order valence-electron chi connectivity index (χ2n) is 4.47. The summed E-state index contributed by atoms with van der Waals surface area (Å²) in [7, 11) is 0. The monoisotopic (exact) mass is 249 g/mol. The van der Waals surface area contributed by atoms with Crippen LogP contribution in [-0.2, 0) is 0 Å². The smallest absolute Gasteiger partial charge is 0.166 e. The molecular formula is C13H12ClNO2. The van der Waals surface area contributed by atoms with Crippen LogP contribution in [0, 0.1) is 5.92 Å². The Balaban J connectivity index is 1.93. The molecule has 0 saturated heterocycles. The number of carbonyl (C=O) groups is 1. The molecule has 3 nitrogen and oxygen atoms in total. The number of fused-ring (bicyclic) bond motifs is 1. The number of hydrogen-bond donors (Lipinski definition) is 1. The van der Waals surface area contributed by atoms with Crippen LogP contribution in [0.5, 0.6) is 5.75 Å². The standard InChI is InChI=1S/C13H12ClNO2/c14-11-4-9-3-10(6-16)15-12(9)5-13(11)17-7-8-1-2-8/h3-6,8,15H,1-2,7H2. The van der Waals surface area contributed by atoms with Crippen LogP contribution >= 0.6 is 11.6 Å². The number of aldehydes is 1. The summed E-state index contributed by atoms with van der Waals surface area (Å²) in [4.78, 5) is 13.7. The van der Waals surface area contributed by atoms with E-state index < -0.39 is 0 Å². The summed E-state index contributed by atoms with van der Waals surface area (Å²) < 4.78 is 5.67. The van der Waals surface area contributed by atoms with Gasteiger partial charge in [0.25, 0.3) is 0 Å². The zero-order valence-corrected chi connectivity index (χ0v) is 9.96. The Bertz CT molecular complexity index is 572. The van der Waals surface area contributed by atoms with Gasteiger partial charge in [0.2, 0.25) is 0 Å². The van der Waals surface area contributed by atoms with E-state index in [4.69, 9.17) is 16.3 Å². The lowest BCUT2D eigenvalue weighted by Gasteiger charge is -2.07. The number of halogens is 1. The van der Waals surface area contributed by atoms with E-state index in [1.54, 1.807) is 6.07 Å². The third-order valence-corrected chi connectivity index (χ3v) is 3.29. The van der Waals surface area contributed by atoms with E-state index in [-0.39, 0.29) is 0 Å². The predicted octanol–water partition coefficient (Wildman–Crippen LogP) is 3.42. The van der Waals surface area contributed by atoms with E-state index in [0.717, 1.165) is 23.8 Å². The Morgan fingerprint density at radius 3 is 2.94 bits per heavy atom. The van der Waals surface area contributed by atoms with Gasteiger partial charge in [0, 0.05) is 17.0 Å². The van der Waals surface area contributed by atoms with Gasteiger partial charge in [0.05, 0.1) is 17.3 Å². The van der Waals surface area contributed by atoms with Crippen molar-refractivity contribution in [3.8, 4) is 5.75 Å². The molecule has 1 aromatic heterocycles. The summed E-state index contributed by atoms with van der Waals surface area (Å²) in [5, 5.41) is 1.52. The highest BCUT2D eigenvalue weighted by molar-refractivity contribution is 6.32. The number of benzene rings is 1. The van der Waals surface area contributed by atoms with E-state index in [1.807, 2.05) is 12.1 Å². The normalized spacial score (nSPS) is 15.1. The fraction of sp³-hybridized carbons (Fsp3) is 0.308. The van der Waals surface area contributed by atoms with E-state index in [1.165, 1.54) is 12.8 Å². The molecule has 2 aromatic rings. The van der Waals surface area contributed by atoms with Crippen molar-refractivity contribution in [2.24, 2.45) is 5.92 Å². The highest BCUT2D eigenvalue weighted by atomic mass is 35.5. The number of nitrogens with one attached hydrogen (secondary N) is 1. The Hall–Kier alpha value is -1.48. The minimum atomic E-state index is 0.551. The van der Waals surface area contributed by atoms with Gasteiger partial charge in [-0.25, -0.2) is 0 Å². The van der Waals surface area contributed by atoms with Crippen molar-refractivity contribution in [3.63, 3.8) is 0 Å². The van der Waals surface area contributed by atoms with Gasteiger partial charge in [-0.3, -0.25) is 4.79 Å². The molecule has 88 valence electrons. The van der Waals surface area contributed by atoms with Crippen molar-refractivity contribution in [2.75, 3.05) is 6.61 Å². The van der Waals surface area contributed by atoms with Crippen molar-refractivity contribution in [1.82, 2.24) is 4.98 Å². The first kappa shape index (κ1) is 10.7. The molecule has 0 spiro atoms. The number of hydrogen-bond acceptors (Lipinski definition) is 2. The molecule has 1 aromatic carbocycles. The summed E-state index contributed by atoms with van der Waals surface area (Å²) in [6.45, 7) is 0.729. The Kier molecular flexibility index (Phi) is 2.56. The Morgan fingerprint density at radius 1 is 1.41 bits per heavy atom. The molecule has 1 saturated carbocycles. The van der Waals surface area contributed by atoms with Crippen LogP contribution in [0.4, 0.5) is 0 Å². The van der Waals surface area contributed by atoms with Crippen LogP contribution in [0.1, 0.15) is 23.3 Å². The molecule has 0 unspecified atom stereocenters. The molecule has 1 heterocycles. The third-order valence-electron chi connectivity index (χ3n) is 2.99. The summed E-state index contributed by atoms with van der Waals surface area (Å²) in [6, 6.07) is 5.45. The molecule has 1 aliphatic carbocycles. The highest BCUT2D eigenvalue weighted by Crippen LogP contribution is 2.33. The second-order valence-corrected chi connectivity index (χ2v) is 4.87. The maximum absolute atomic E-state index is 10.7. The minimum Gasteiger partial charge on any atom is -0.492 e. The summed E-state index contributed by atoms with van der Waals surface area (Å²) in [5.41, 5.74) is 1.43. The zero-order chi connectivity index (χ0) is 11.8. The quantitative estimate of drug-likeness (QED) is 0.844. The van der Waals surface area contributed by atoms with Crippen molar-refractivity contribution < 1.29 is 9.53 Å². The van der Waals surface area contributed by atoms with Gasteiger partial charge in [-0.2, -0.15) is 0 Å². The minimum absolute atomic E-state index is 0.551. The van der Waals surface area contributed by atoms with Crippen molar-refractivity contribution >= 4 is 28.8 Å². The molecule has 0 amide bonds. The summed E-state index contributed by atoms with van der Waals surface area (Å²) >= 11 is 6.13. The van der Waals surface area contributed by atoms with E-state index >= 15 is 0 Å². The SMILES string of the molecule is O=Cc1cc2cc(Cl)c(OCC3CC3)cc2[nH]1. The summed E-state index contributed by atoms with van der Waals surface area (Å²) in [5.74, 6) is 1.38. The number of ether oxygens (including phenoxy) is 1. The highest BCUT2D eigenvalue weighted by Gasteiger charge is 2.22. The van der Waals surface area contributed by atoms with Crippen LogP contribution in [0.3, 0.4) is 0 Å². The fourth-order valence-electron chi connectivity index (χ4n) is 1.82. The van der Waals surface area contributed by atoms with E-state index in [2.05, 4.69) is 4.98 Å². The van der Waals surface area contributed by atoms with Crippen molar-refractivity contribution in [2.45, 2.75) is 12.8 Å². The molecular weight excluding hydrogens is 238 g/mol. The Morgan fingerprint density at radius 2 is 2.24 bits per heavy atom. The van der Waals surface area contributed by atoms with Gasteiger partial charge < -0.3 is 9.72 Å². The van der Waals surface area contributed by atoms with Gasteiger partial charge in [0.1, 0.15) is 5.75 Å². The first-order valence-corrected chi connectivity index (χ1v) is 6.04. The summed E-state index contributed by atoms with van der Waals surface area (Å²) in [6.07, 6.45) is 3.29. The second kappa shape index (κ2) is 4.08. The molecule has 1 fully saturated rings. The van der Waals surface area contributed by atoms with Crippen molar-refractivity contribution in [3.05, 3.63) is 28.9 Å². The van der Waals surface area contributed by atoms with E-state index in [9.17, 15) is 4.79 Å². The van der Waals surface area contributed by atoms with Crippen LogP contribution in [0.25, 0.3) is 10.9 Å². The molecule has 0 aliphatic heterocycles. The van der Waals surface area contributed by atoms with Crippen LogP contribution in [0.2, 0.25) is 5.02 Å². The molecule has 17 heavy (non-hydrogen) atoms. The largest absolute Gasteiger partial charge is 0.492 e. The number of H-pyrrole nitrogens is 1. The number of carbonyl (C=O) groups excluding carboxylic acids is 1. The lowest BCUT2D eigenvalue weighted by molar-refractivity contribution is 0.112. The molecule has 1 N–H and O–H groups in total. The fourth-order valence-corrected chi connectivity index (χ4v) is 2.05. The molecule has 4 heteroatoms. The third kappa shape index (κ3) is 2.15. The average molecular weight is 250 g/mol. The molecule has 1 aliphatic rings. The maximum Gasteiger partial charge on any atom is 0.166 e. The van der Waals surface area contributed by atoms with Gasteiger partial charge in [-0.1, -0.05) is 11.6 Å². The first-order valence-electron chi connectivity index (χ1n) is 5.66. The molecule has 0 atom stereocenters. The van der Waals surface area contributed by atoms with Gasteiger partial charge >= 0.3 is 0 Å². The number of aromatic amines is 1. The molecule has 3 rings (SSSR count). The topological polar surface area (TPSA) is 42.1 Å². The van der Waals surface area contributed by atoms with Gasteiger partial charge in [-0.15, -0.1) is 0 Å². The number of aromatic nitrogens is 1. The van der Waals surface area contributed by atoms with Gasteiger partial charge in [-0.05, 0) is 30.9 Å². The van der Waals surface area contributed by atoms with Crippen molar-refractivity contribution in [1.29, 1.82) is 0 Å².